The molecule has 0 aliphatic carbocycles. The molecule has 0 aliphatic heterocycles. The first-order valence-electron chi connectivity index (χ1n) is 7.11. The van der Waals surface area contributed by atoms with Crippen LogP contribution in [0, 0.1) is 0 Å². The average Bonchev–Trinajstić information content (AvgIpc) is 2.87. The Bertz CT molecular complexity index is 875. The van der Waals surface area contributed by atoms with Crippen molar-refractivity contribution in [3.05, 3.63) is 78.4 Å². The van der Waals surface area contributed by atoms with Crippen LogP contribution in [0.5, 0.6) is 0 Å². The number of hydrogen-bond acceptors (Lipinski definition) is 1. The second kappa shape index (κ2) is 5.45. The second-order valence-corrected chi connectivity index (χ2v) is 5.20. The summed E-state index contributed by atoms with van der Waals surface area (Å²) >= 11 is 0. The predicted octanol–water partition coefficient (Wildman–Crippen LogP) is 6.12. The van der Waals surface area contributed by atoms with Crippen molar-refractivity contribution in [2.45, 2.75) is 13.8 Å². The largest absolute Gasteiger partial charge is 0.455 e. The molecule has 1 heteroatoms. The van der Waals surface area contributed by atoms with Crippen LogP contribution < -0.4 is 0 Å². The molecule has 0 unspecified atom stereocenters. The lowest BCUT2D eigenvalue weighted by Crippen LogP contribution is -1.82. The van der Waals surface area contributed by atoms with Crippen LogP contribution >= 0.6 is 0 Å². The number of rotatable bonds is 3. The molecule has 0 atom stereocenters. The van der Waals surface area contributed by atoms with Gasteiger partial charge in [0, 0.05) is 16.3 Å². The Kier molecular flexibility index (Phi) is 3.49. The normalized spacial score (nSPS) is 12.6. The third-order valence-corrected chi connectivity index (χ3v) is 3.57. The average molecular weight is 274 g/mol. The van der Waals surface area contributed by atoms with Gasteiger partial charge < -0.3 is 4.42 Å². The van der Waals surface area contributed by atoms with Crippen molar-refractivity contribution in [1.82, 2.24) is 0 Å². The number of benzene rings is 2. The molecule has 0 bridgehead atoms. The molecule has 0 fully saturated rings. The van der Waals surface area contributed by atoms with Crippen LogP contribution in [0.1, 0.15) is 19.4 Å². The van der Waals surface area contributed by atoms with E-state index in [0.717, 1.165) is 38.6 Å². The maximum atomic E-state index is 6.08. The molecule has 3 rings (SSSR count). The third kappa shape index (κ3) is 2.43. The molecule has 1 aromatic heterocycles. The van der Waals surface area contributed by atoms with Crippen molar-refractivity contribution in [2.75, 3.05) is 0 Å². The molecule has 1 nitrogen and oxygen atoms in total. The summed E-state index contributed by atoms with van der Waals surface area (Å²) in [6, 6.07) is 14.5. The smallest absolute Gasteiger partial charge is 0.143 e. The zero-order chi connectivity index (χ0) is 14.8. The van der Waals surface area contributed by atoms with Crippen molar-refractivity contribution in [3.8, 4) is 0 Å². The molecule has 1 heterocycles. The van der Waals surface area contributed by atoms with E-state index in [2.05, 4.69) is 43.0 Å². The quantitative estimate of drug-likeness (QED) is 0.524. The van der Waals surface area contributed by atoms with E-state index >= 15 is 0 Å². The fourth-order valence-electron chi connectivity index (χ4n) is 2.55. The minimum atomic E-state index is 0.930. The SMILES string of the molecule is C=C(C)/C=C\C(=C/C)c1cccc2c1oc1ccccc12. The molecule has 3 aromatic rings. The fraction of sp³-hybridized carbons (Fsp3) is 0.100. The van der Waals surface area contributed by atoms with Crippen molar-refractivity contribution < 1.29 is 4.42 Å². The summed E-state index contributed by atoms with van der Waals surface area (Å²) in [6.07, 6.45) is 6.21. The van der Waals surface area contributed by atoms with E-state index in [1.54, 1.807) is 0 Å². The van der Waals surface area contributed by atoms with Gasteiger partial charge >= 0.3 is 0 Å². The van der Waals surface area contributed by atoms with Crippen LogP contribution in [-0.4, -0.2) is 0 Å². The van der Waals surface area contributed by atoms with Gasteiger partial charge in [-0.05, 0) is 25.5 Å². The van der Waals surface area contributed by atoms with Gasteiger partial charge in [0.1, 0.15) is 11.2 Å². The molecule has 21 heavy (non-hydrogen) atoms. The topological polar surface area (TPSA) is 13.1 Å². The Balaban J connectivity index is 2.25. The standard InChI is InChI=1S/C20H18O/c1-4-15(13-12-14(2)3)16-9-7-10-18-17-8-5-6-11-19(17)21-20(16)18/h4-13H,2H2,1,3H3/b13-12-,15-4+. The highest BCUT2D eigenvalue weighted by Gasteiger charge is 2.11. The van der Waals surface area contributed by atoms with E-state index in [0.29, 0.717) is 0 Å². The van der Waals surface area contributed by atoms with E-state index in [-0.39, 0.29) is 0 Å². The second-order valence-electron chi connectivity index (χ2n) is 5.20. The molecule has 0 radical (unpaired) electrons. The van der Waals surface area contributed by atoms with Crippen LogP contribution in [0.3, 0.4) is 0 Å². The maximum absolute atomic E-state index is 6.08. The fourth-order valence-corrected chi connectivity index (χ4v) is 2.55. The van der Waals surface area contributed by atoms with Gasteiger partial charge in [-0.3, -0.25) is 0 Å². The maximum Gasteiger partial charge on any atom is 0.143 e. The molecule has 0 aliphatic rings. The van der Waals surface area contributed by atoms with Crippen LogP contribution in [0.2, 0.25) is 0 Å². The van der Waals surface area contributed by atoms with Gasteiger partial charge in [0.05, 0.1) is 0 Å². The summed E-state index contributed by atoms with van der Waals surface area (Å²) in [5.74, 6) is 0. The van der Waals surface area contributed by atoms with Gasteiger partial charge in [0.15, 0.2) is 0 Å². The molecule has 0 spiro atoms. The van der Waals surface area contributed by atoms with Gasteiger partial charge in [-0.2, -0.15) is 0 Å². The zero-order valence-corrected chi connectivity index (χ0v) is 12.4. The molecule has 0 amide bonds. The highest BCUT2D eigenvalue weighted by atomic mass is 16.3. The Morgan fingerprint density at radius 3 is 2.52 bits per heavy atom. The van der Waals surface area contributed by atoms with E-state index in [1.807, 2.05) is 38.1 Å². The van der Waals surface area contributed by atoms with E-state index in [1.165, 1.54) is 0 Å². The molecule has 0 N–H and O–H groups in total. The minimum absolute atomic E-state index is 0.930. The molecule has 104 valence electrons. The van der Waals surface area contributed by atoms with Crippen molar-refractivity contribution in [3.63, 3.8) is 0 Å². The Morgan fingerprint density at radius 2 is 1.76 bits per heavy atom. The number of para-hydroxylation sites is 2. The summed E-state index contributed by atoms with van der Waals surface area (Å²) < 4.78 is 6.08. The van der Waals surface area contributed by atoms with Crippen LogP contribution in [-0.2, 0) is 0 Å². The Morgan fingerprint density at radius 1 is 1.00 bits per heavy atom. The van der Waals surface area contributed by atoms with Gasteiger partial charge in [0.2, 0.25) is 0 Å². The lowest BCUT2D eigenvalue weighted by molar-refractivity contribution is 0.668. The Hall–Kier alpha value is -2.54. The number of hydrogen-bond donors (Lipinski definition) is 0. The number of allylic oxidation sites excluding steroid dienone is 5. The van der Waals surface area contributed by atoms with E-state index in [4.69, 9.17) is 4.42 Å². The highest BCUT2D eigenvalue weighted by molar-refractivity contribution is 6.08. The predicted molar refractivity (Wildman–Crippen MR) is 91.3 cm³/mol. The first-order chi connectivity index (χ1) is 10.2. The highest BCUT2D eigenvalue weighted by Crippen LogP contribution is 2.33. The summed E-state index contributed by atoms with van der Waals surface area (Å²) in [4.78, 5) is 0. The third-order valence-electron chi connectivity index (χ3n) is 3.57. The molecule has 2 aromatic carbocycles. The van der Waals surface area contributed by atoms with Crippen molar-refractivity contribution in [1.29, 1.82) is 0 Å². The lowest BCUT2D eigenvalue weighted by atomic mass is 10.0. The van der Waals surface area contributed by atoms with E-state index in [9.17, 15) is 0 Å². The number of furan rings is 1. The van der Waals surface area contributed by atoms with Gasteiger partial charge in [-0.1, -0.05) is 66.8 Å². The summed E-state index contributed by atoms with van der Waals surface area (Å²) in [7, 11) is 0. The summed E-state index contributed by atoms with van der Waals surface area (Å²) in [5.41, 5.74) is 5.16. The molecule has 0 saturated carbocycles. The van der Waals surface area contributed by atoms with Gasteiger partial charge in [0.25, 0.3) is 0 Å². The zero-order valence-electron chi connectivity index (χ0n) is 12.4. The summed E-state index contributed by atoms with van der Waals surface area (Å²) in [6.45, 7) is 7.95. The monoisotopic (exact) mass is 274 g/mol. The van der Waals surface area contributed by atoms with Gasteiger partial charge in [-0.15, -0.1) is 0 Å². The first kappa shape index (κ1) is 13.4. The molecular formula is C20H18O. The Labute approximate surface area is 124 Å². The molecular weight excluding hydrogens is 256 g/mol. The first-order valence-corrected chi connectivity index (χ1v) is 7.11. The van der Waals surface area contributed by atoms with Crippen LogP contribution in [0.4, 0.5) is 0 Å². The number of fused-ring (bicyclic) bond motifs is 3. The van der Waals surface area contributed by atoms with Crippen molar-refractivity contribution >= 4 is 27.5 Å². The van der Waals surface area contributed by atoms with E-state index < -0.39 is 0 Å². The lowest BCUT2D eigenvalue weighted by Gasteiger charge is -2.03. The summed E-state index contributed by atoms with van der Waals surface area (Å²) in [5, 5.41) is 2.32. The molecule has 0 saturated heterocycles. The minimum Gasteiger partial charge on any atom is -0.455 e. The van der Waals surface area contributed by atoms with Crippen molar-refractivity contribution in [2.24, 2.45) is 0 Å². The van der Waals surface area contributed by atoms with Crippen LogP contribution in [0.15, 0.2) is 77.3 Å². The van der Waals surface area contributed by atoms with Gasteiger partial charge in [-0.25, -0.2) is 0 Å². The van der Waals surface area contributed by atoms with Crippen LogP contribution in [0.25, 0.3) is 27.5 Å².